The summed E-state index contributed by atoms with van der Waals surface area (Å²) in [5.41, 5.74) is 0.781. The fourth-order valence-electron chi connectivity index (χ4n) is 2.00. The third-order valence-corrected chi connectivity index (χ3v) is 2.85. The summed E-state index contributed by atoms with van der Waals surface area (Å²) in [6.07, 6.45) is 5.38. The highest BCUT2D eigenvalue weighted by molar-refractivity contribution is 5.84. The van der Waals surface area contributed by atoms with Crippen molar-refractivity contribution in [2.75, 3.05) is 5.32 Å². The van der Waals surface area contributed by atoms with Crippen molar-refractivity contribution >= 4 is 11.8 Å². The number of carbonyl (C=O) groups is 1. The molecule has 2 rings (SSSR count). The fourth-order valence-corrected chi connectivity index (χ4v) is 2.00. The van der Waals surface area contributed by atoms with Crippen LogP contribution < -0.4 is 5.32 Å². The number of anilines is 1. The fraction of sp³-hybridized carbons (Fsp3) is 0.462. The number of rotatable bonds is 2. The molecule has 16 heavy (non-hydrogen) atoms. The average molecular weight is 219 g/mol. The molecule has 1 saturated carbocycles. The van der Waals surface area contributed by atoms with E-state index in [2.05, 4.69) is 5.32 Å². The van der Waals surface area contributed by atoms with Crippen molar-refractivity contribution in [2.45, 2.75) is 38.2 Å². The van der Waals surface area contributed by atoms with Gasteiger partial charge in [0.05, 0.1) is 0 Å². The van der Waals surface area contributed by atoms with E-state index in [1.165, 1.54) is 19.3 Å². The average Bonchev–Trinajstić information content (AvgIpc) is 2.31. The molecule has 1 aromatic carbocycles. The van der Waals surface area contributed by atoms with E-state index in [-0.39, 0.29) is 12.2 Å². The molecule has 0 unspecified atom stereocenters. The zero-order valence-electron chi connectivity index (χ0n) is 9.32. The van der Waals surface area contributed by atoms with Crippen molar-refractivity contribution in [3.63, 3.8) is 0 Å². The van der Waals surface area contributed by atoms with Gasteiger partial charge in [0.2, 0.25) is 0 Å². The van der Waals surface area contributed by atoms with Gasteiger partial charge < -0.3 is 4.74 Å². The minimum absolute atomic E-state index is 0.109. The monoisotopic (exact) mass is 219 g/mol. The molecule has 3 nitrogen and oxygen atoms in total. The van der Waals surface area contributed by atoms with Crippen molar-refractivity contribution < 1.29 is 9.53 Å². The van der Waals surface area contributed by atoms with Gasteiger partial charge in [0.1, 0.15) is 6.10 Å². The summed E-state index contributed by atoms with van der Waals surface area (Å²) in [5.74, 6) is 0. The van der Waals surface area contributed by atoms with Crippen LogP contribution in [-0.4, -0.2) is 12.2 Å². The summed E-state index contributed by atoms with van der Waals surface area (Å²) < 4.78 is 5.35. The first-order valence-electron chi connectivity index (χ1n) is 5.87. The molecule has 0 saturated heterocycles. The van der Waals surface area contributed by atoms with Crippen LogP contribution in [0.5, 0.6) is 0 Å². The standard InChI is InChI=1S/C13H17NO2/c15-13(14-11-7-3-1-4-8-11)16-12-9-5-2-6-10-12/h1,3-4,7-8,12H,2,5-6,9-10H2,(H,14,15). The lowest BCUT2D eigenvalue weighted by Crippen LogP contribution is -2.24. The Morgan fingerprint density at radius 1 is 1.12 bits per heavy atom. The number of ether oxygens (including phenoxy) is 1. The van der Waals surface area contributed by atoms with Crippen LogP contribution in [-0.2, 0) is 4.74 Å². The lowest BCUT2D eigenvalue weighted by molar-refractivity contribution is 0.0865. The molecule has 1 aromatic rings. The Morgan fingerprint density at radius 2 is 1.81 bits per heavy atom. The molecular weight excluding hydrogens is 202 g/mol. The maximum Gasteiger partial charge on any atom is 0.411 e. The minimum Gasteiger partial charge on any atom is -0.446 e. The molecule has 3 heteroatoms. The Hall–Kier alpha value is -1.51. The molecule has 86 valence electrons. The Morgan fingerprint density at radius 3 is 2.50 bits per heavy atom. The number of para-hydroxylation sites is 1. The van der Waals surface area contributed by atoms with Gasteiger partial charge >= 0.3 is 6.09 Å². The molecule has 1 N–H and O–H groups in total. The third kappa shape index (κ3) is 3.26. The molecule has 0 atom stereocenters. The Kier molecular flexibility index (Phi) is 3.81. The van der Waals surface area contributed by atoms with Crippen molar-refractivity contribution in [3.05, 3.63) is 30.3 Å². The Bertz CT molecular complexity index is 331. The number of hydrogen-bond donors (Lipinski definition) is 1. The van der Waals surface area contributed by atoms with Crippen molar-refractivity contribution in [2.24, 2.45) is 0 Å². The summed E-state index contributed by atoms with van der Waals surface area (Å²) in [7, 11) is 0. The minimum atomic E-state index is -0.335. The molecule has 1 aliphatic carbocycles. The molecule has 0 radical (unpaired) electrons. The van der Waals surface area contributed by atoms with Crippen molar-refractivity contribution in [3.8, 4) is 0 Å². The number of hydrogen-bond acceptors (Lipinski definition) is 2. The van der Waals surface area contributed by atoms with Crippen LogP contribution >= 0.6 is 0 Å². The molecule has 0 aromatic heterocycles. The predicted molar refractivity (Wildman–Crippen MR) is 63.4 cm³/mol. The molecule has 0 spiro atoms. The molecule has 0 aliphatic heterocycles. The topological polar surface area (TPSA) is 38.3 Å². The number of amides is 1. The molecule has 1 amide bonds. The van der Waals surface area contributed by atoms with E-state index >= 15 is 0 Å². The molecule has 1 aliphatic rings. The van der Waals surface area contributed by atoms with E-state index in [4.69, 9.17) is 4.74 Å². The lowest BCUT2D eigenvalue weighted by Gasteiger charge is -2.21. The molecule has 0 bridgehead atoms. The highest BCUT2D eigenvalue weighted by Gasteiger charge is 2.17. The van der Waals surface area contributed by atoms with Gasteiger partial charge in [-0.05, 0) is 37.8 Å². The van der Waals surface area contributed by atoms with Crippen LogP contribution in [0.2, 0.25) is 0 Å². The van der Waals surface area contributed by atoms with E-state index in [1.54, 1.807) is 0 Å². The smallest absolute Gasteiger partial charge is 0.411 e. The zero-order chi connectivity index (χ0) is 11.2. The maximum absolute atomic E-state index is 11.5. The molecule has 0 heterocycles. The van der Waals surface area contributed by atoms with Gasteiger partial charge in [-0.15, -0.1) is 0 Å². The summed E-state index contributed by atoms with van der Waals surface area (Å²) in [5, 5.41) is 2.73. The number of nitrogens with one attached hydrogen (secondary N) is 1. The van der Waals surface area contributed by atoms with E-state index in [9.17, 15) is 4.79 Å². The number of benzene rings is 1. The normalized spacial score (nSPS) is 16.8. The quantitative estimate of drug-likeness (QED) is 0.825. The first kappa shape index (κ1) is 11.0. The van der Waals surface area contributed by atoms with E-state index < -0.39 is 0 Å². The highest BCUT2D eigenvalue weighted by atomic mass is 16.6. The summed E-state index contributed by atoms with van der Waals surface area (Å²) in [6, 6.07) is 9.38. The van der Waals surface area contributed by atoms with E-state index in [1.807, 2.05) is 30.3 Å². The van der Waals surface area contributed by atoms with Crippen molar-refractivity contribution in [1.82, 2.24) is 0 Å². The predicted octanol–water partition coefficient (Wildman–Crippen LogP) is 3.57. The van der Waals surface area contributed by atoms with Gasteiger partial charge in [0, 0.05) is 5.69 Å². The van der Waals surface area contributed by atoms with Gasteiger partial charge in [-0.25, -0.2) is 4.79 Å². The summed E-state index contributed by atoms with van der Waals surface area (Å²) in [6.45, 7) is 0. The van der Waals surface area contributed by atoms with Crippen molar-refractivity contribution in [1.29, 1.82) is 0 Å². The lowest BCUT2D eigenvalue weighted by atomic mass is 9.98. The number of carbonyl (C=O) groups excluding carboxylic acids is 1. The van der Waals surface area contributed by atoms with E-state index in [0.717, 1.165) is 18.5 Å². The van der Waals surface area contributed by atoms with E-state index in [0.29, 0.717) is 0 Å². The van der Waals surface area contributed by atoms with Crippen LogP contribution in [0.25, 0.3) is 0 Å². The maximum atomic E-state index is 11.5. The Labute approximate surface area is 95.8 Å². The van der Waals surface area contributed by atoms with Crippen LogP contribution in [0.15, 0.2) is 30.3 Å². The second kappa shape index (κ2) is 5.54. The van der Waals surface area contributed by atoms with Crippen LogP contribution in [0.1, 0.15) is 32.1 Å². The molecule has 1 fully saturated rings. The largest absolute Gasteiger partial charge is 0.446 e. The van der Waals surface area contributed by atoms with Gasteiger partial charge in [0.25, 0.3) is 0 Å². The van der Waals surface area contributed by atoms with Gasteiger partial charge in [-0.1, -0.05) is 24.6 Å². The SMILES string of the molecule is O=C(Nc1ccccc1)OC1CCCCC1. The summed E-state index contributed by atoms with van der Waals surface area (Å²) >= 11 is 0. The first-order valence-corrected chi connectivity index (χ1v) is 5.87. The first-order chi connectivity index (χ1) is 7.84. The molecular formula is C13H17NO2. The van der Waals surface area contributed by atoms with Gasteiger partial charge in [-0.2, -0.15) is 0 Å². The Balaban J connectivity index is 1.80. The van der Waals surface area contributed by atoms with Crippen LogP contribution in [0.4, 0.5) is 10.5 Å². The second-order valence-corrected chi connectivity index (χ2v) is 4.16. The van der Waals surface area contributed by atoms with Gasteiger partial charge in [0.15, 0.2) is 0 Å². The third-order valence-electron chi connectivity index (χ3n) is 2.85. The summed E-state index contributed by atoms with van der Waals surface area (Å²) in [4.78, 5) is 11.5. The van der Waals surface area contributed by atoms with Crippen LogP contribution in [0, 0.1) is 0 Å². The second-order valence-electron chi connectivity index (χ2n) is 4.16. The van der Waals surface area contributed by atoms with Crippen LogP contribution in [0.3, 0.4) is 0 Å². The zero-order valence-corrected chi connectivity index (χ0v) is 9.32. The highest BCUT2D eigenvalue weighted by Crippen LogP contribution is 2.20. The van der Waals surface area contributed by atoms with Gasteiger partial charge in [-0.3, -0.25) is 5.32 Å².